The minimum absolute atomic E-state index is 0.147. The number of nitrogens with one attached hydrogen (secondary N) is 1. The van der Waals surface area contributed by atoms with Crippen molar-refractivity contribution in [2.75, 3.05) is 13.2 Å². The van der Waals surface area contributed by atoms with Crippen LogP contribution in [0.3, 0.4) is 0 Å². The van der Waals surface area contributed by atoms with E-state index in [1.807, 2.05) is 0 Å². The summed E-state index contributed by atoms with van der Waals surface area (Å²) in [6, 6.07) is 0. The van der Waals surface area contributed by atoms with Crippen molar-refractivity contribution in [3.05, 3.63) is 0 Å². The zero-order valence-electron chi connectivity index (χ0n) is 7.19. The molecule has 6 heteroatoms. The van der Waals surface area contributed by atoms with Gasteiger partial charge in [-0.1, -0.05) is 0 Å². The topological polar surface area (TPSA) is 49.3 Å². The number of halogens is 3. The molecular weight excluding hydrogens is 187 g/mol. The van der Waals surface area contributed by atoms with Crippen LogP contribution >= 0.6 is 0 Å². The summed E-state index contributed by atoms with van der Waals surface area (Å²) in [6.45, 7) is 0.479. The van der Waals surface area contributed by atoms with Crippen molar-refractivity contribution in [2.45, 2.75) is 19.5 Å². The molecule has 13 heavy (non-hydrogen) atoms. The van der Waals surface area contributed by atoms with Crippen LogP contribution in [0, 0.1) is 5.92 Å². The summed E-state index contributed by atoms with van der Waals surface area (Å²) in [7, 11) is 0. The van der Waals surface area contributed by atoms with Gasteiger partial charge in [-0.2, -0.15) is 13.2 Å². The number of hydrogen-bond acceptors (Lipinski definition) is 2. The third-order valence-corrected chi connectivity index (χ3v) is 1.42. The van der Waals surface area contributed by atoms with Crippen LogP contribution in [0.2, 0.25) is 0 Å². The summed E-state index contributed by atoms with van der Waals surface area (Å²) in [6.07, 6.45) is -5.38. The van der Waals surface area contributed by atoms with Gasteiger partial charge in [0.2, 0.25) is 5.91 Å². The maximum atomic E-state index is 11.8. The first kappa shape index (κ1) is 12.2. The number of hydrogen-bond donors (Lipinski definition) is 2. The summed E-state index contributed by atoms with van der Waals surface area (Å²) in [5.74, 6) is -1.36. The highest BCUT2D eigenvalue weighted by Gasteiger charge is 2.31. The Labute approximate surface area is 73.9 Å². The molecule has 0 bridgehead atoms. The Morgan fingerprint density at radius 2 is 2.08 bits per heavy atom. The number of rotatable bonds is 4. The van der Waals surface area contributed by atoms with E-state index >= 15 is 0 Å². The molecule has 1 unspecified atom stereocenters. The number of carbonyl (C=O) groups is 1. The lowest BCUT2D eigenvalue weighted by molar-refractivity contribution is -0.147. The highest BCUT2D eigenvalue weighted by atomic mass is 19.4. The van der Waals surface area contributed by atoms with Gasteiger partial charge in [-0.05, 0) is 0 Å². The molecule has 0 radical (unpaired) electrons. The number of carbonyl (C=O) groups excluding carboxylic acids is 1. The quantitative estimate of drug-likeness (QED) is 0.699. The van der Waals surface area contributed by atoms with Crippen LogP contribution in [0.25, 0.3) is 0 Å². The van der Waals surface area contributed by atoms with Gasteiger partial charge in [-0.3, -0.25) is 4.79 Å². The van der Waals surface area contributed by atoms with Crippen LogP contribution in [0.15, 0.2) is 0 Å². The first-order chi connectivity index (χ1) is 5.85. The second-order valence-electron chi connectivity index (χ2n) is 2.80. The van der Waals surface area contributed by atoms with Gasteiger partial charge in [0.25, 0.3) is 0 Å². The van der Waals surface area contributed by atoms with Crippen molar-refractivity contribution in [3.8, 4) is 0 Å². The molecule has 0 aromatic rings. The predicted molar refractivity (Wildman–Crippen MR) is 39.9 cm³/mol. The molecular formula is C7H12F3NO2. The summed E-state index contributed by atoms with van der Waals surface area (Å²) < 4.78 is 35.4. The fraction of sp³-hybridized carbons (Fsp3) is 0.857. The minimum atomic E-state index is -4.30. The van der Waals surface area contributed by atoms with Crippen molar-refractivity contribution >= 4 is 5.91 Å². The SMILES string of the molecule is CC(=O)NCC(CO)CC(F)(F)F. The van der Waals surface area contributed by atoms with E-state index in [2.05, 4.69) is 5.32 Å². The van der Waals surface area contributed by atoms with Crippen molar-refractivity contribution in [1.29, 1.82) is 0 Å². The van der Waals surface area contributed by atoms with E-state index in [0.717, 1.165) is 0 Å². The van der Waals surface area contributed by atoms with Crippen molar-refractivity contribution < 1.29 is 23.1 Å². The lowest BCUT2D eigenvalue weighted by atomic mass is 10.1. The van der Waals surface area contributed by atoms with Gasteiger partial charge in [0.15, 0.2) is 0 Å². The molecule has 0 aliphatic heterocycles. The molecule has 0 saturated carbocycles. The van der Waals surface area contributed by atoms with Crippen molar-refractivity contribution in [1.82, 2.24) is 5.32 Å². The third kappa shape index (κ3) is 7.58. The lowest BCUT2D eigenvalue weighted by Gasteiger charge is -2.15. The van der Waals surface area contributed by atoms with Gasteiger partial charge in [0.05, 0.1) is 6.42 Å². The molecule has 0 aliphatic carbocycles. The molecule has 0 aromatic heterocycles. The van der Waals surface area contributed by atoms with E-state index in [9.17, 15) is 18.0 Å². The Balaban J connectivity index is 3.83. The molecule has 3 nitrogen and oxygen atoms in total. The third-order valence-electron chi connectivity index (χ3n) is 1.42. The zero-order valence-corrected chi connectivity index (χ0v) is 7.19. The fourth-order valence-electron chi connectivity index (χ4n) is 0.817. The van der Waals surface area contributed by atoms with Gasteiger partial charge >= 0.3 is 6.18 Å². The second-order valence-corrected chi connectivity index (χ2v) is 2.80. The molecule has 0 rings (SSSR count). The molecule has 0 aromatic carbocycles. The number of alkyl halides is 3. The minimum Gasteiger partial charge on any atom is -0.396 e. The second kappa shape index (κ2) is 5.06. The van der Waals surface area contributed by atoms with Crippen LogP contribution in [-0.2, 0) is 4.79 Å². The molecule has 0 fully saturated rings. The maximum absolute atomic E-state index is 11.8. The Kier molecular flexibility index (Phi) is 4.76. The Hall–Kier alpha value is -0.780. The standard InChI is InChI=1S/C7H12F3NO2/c1-5(13)11-3-6(4-12)2-7(8,9)10/h6,12H,2-4H2,1H3,(H,11,13). The molecule has 78 valence electrons. The molecule has 0 saturated heterocycles. The van der Waals surface area contributed by atoms with Gasteiger partial charge in [-0.25, -0.2) is 0 Å². The average Bonchev–Trinajstić information content (AvgIpc) is 1.95. The van der Waals surface area contributed by atoms with Gasteiger partial charge in [0, 0.05) is 26.0 Å². The first-order valence-corrected chi connectivity index (χ1v) is 3.77. The Bertz CT molecular complexity index is 170. The first-order valence-electron chi connectivity index (χ1n) is 3.77. The van der Waals surface area contributed by atoms with E-state index < -0.39 is 31.0 Å². The van der Waals surface area contributed by atoms with E-state index in [0.29, 0.717) is 0 Å². The van der Waals surface area contributed by atoms with Crippen LogP contribution in [0.5, 0.6) is 0 Å². The van der Waals surface area contributed by atoms with Crippen LogP contribution in [-0.4, -0.2) is 30.3 Å². The zero-order chi connectivity index (χ0) is 10.5. The average molecular weight is 199 g/mol. The van der Waals surface area contributed by atoms with E-state index in [1.54, 1.807) is 0 Å². The highest BCUT2D eigenvalue weighted by Crippen LogP contribution is 2.24. The van der Waals surface area contributed by atoms with Gasteiger partial charge in [0.1, 0.15) is 0 Å². The molecule has 1 atom stereocenters. The highest BCUT2D eigenvalue weighted by molar-refractivity contribution is 5.72. The lowest BCUT2D eigenvalue weighted by Crippen LogP contribution is -2.31. The van der Waals surface area contributed by atoms with Crippen molar-refractivity contribution in [2.24, 2.45) is 5.92 Å². The monoisotopic (exact) mass is 199 g/mol. The molecule has 0 aliphatic rings. The molecule has 0 spiro atoms. The van der Waals surface area contributed by atoms with Gasteiger partial charge in [-0.15, -0.1) is 0 Å². The number of aliphatic hydroxyl groups excluding tert-OH is 1. The summed E-state index contributed by atoms with van der Waals surface area (Å²) in [5.41, 5.74) is 0. The fourth-order valence-corrected chi connectivity index (χ4v) is 0.817. The van der Waals surface area contributed by atoms with E-state index in [1.165, 1.54) is 6.92 Å². The van der Waals surface area contributed by atoms with E-state index in [4.69, 9.17) is 5.11 Å². The van der Waals surface area contributed by atoms with Crippen LogP contribution in [0.1, 0.15) is 13.3 Å². The molecule has 2 N–H and O–H groups in total. The predicted octanol–water partition coefficient (Wildman–Crippen LogP) is 0.683. The molecule has 0 heterocycles. The number of amides is 1. The van der Waals surface area contributed by atoms with Crippen LogP contribution < -0.4 is 5.32 Å². The summed E-state index contributed by atoms with van der Waals surface area (Å²) in [5, 5.41) is 10.8. The normalized spacial score (nSPS) is 13.9. The smallest absolute Gasteiger partial charge is 0.389 e. The summed E-state index contributed by atoms with van der Waals surface area (Å²) in [4.78, 5) is 10.4. The Morgan fingerprint density at radius 3 is 2.38 bits per heavy atom. The largest absolute Gasteiger partial charge is 0.396 e. The summed E-state index contributed by atoms with van der Waals surface area (Å²) >= 11 is 0. The Morgan fingerprint density at radius 1 is 1.54 bits per heavy atom. The van der Waals surface area contributed by atoms with Crippen LogP contribution in [0.4, 0.5) is 13.2 Å². The van der Waals surface area contributed by atoms with Gasteiger partial charge < -0.3 is 10.4 Å². The van der Waals surface area contributed by atoms with E-state index in [-0.39, 0.29) is 6.54 Å². The maximum Gasteiger partial charge on any atom is 0.389 e. The number of aliphatic hydroxyl groups is 1. The van der Waals surface area contributed by atoms with Crippen molar-refractivity contribution in [3.63, 3.8) is 0 Å². The molecule has 1 amide bonds.